The minimum absolute atomic E-state index is 0.136. The molecule has 0 spiro atoms. The fraction of sp³-hybridized carbons (Fsp3) is 0.154. The van der Waals surface area contributed by atoms with Crippen LogP contribution in [0.3, 0.4) is 0 Å². The Morgan fingerprint density at radius 2 is 2.30 bits per heavy atom. The van der Waals surface area contributed by atoms with E-state index < -0.39 is 11.7 Å². The first-order valence-corrected chi connectivity index (χ1v) is 5.97. The van der Waals surface area contributed by atoms with Gasteiger partial charge in [0, 0.05) is 25.0 Å². The van der Waals surface area contributed by atoms with Crippen molar-refractivity contribution in [2.24, 2.45) is 5.73 Å². The number of hydrogen-bond acceptors (Lipinski definition) is 5. The van der Waals surface area contributed by atoms with Crippen molar-refractivity contribution in [3.63, 3.8) is 0 Å². The number of amides is 1. The molecule has 0 saturated heterocycles. The number of nitrogens with zero attached hydrogens (tertiary/aromatic N) is 2. The molecule has 7 nitrogen and oxygen atoms in total. The minimum Gasteiger partial charge on any atom is -0.461 e. The van der Waals surface area contributed by atoms with E-state index in [1.807, 2.05) is 0 Å². The second-order valence-corrected chi connectivity index (χ2v) is 3.97. The summed E-state index contributed by atoms with van der Waals surface area (Å²) in [6.45, 7) is 0.891. The molecule has 0 aromatic carbocycles. The van der Waals surface area contributed by atoms with E-state index in [4.69, 9.17) is 10.2 Å². The lowest BCUT2D eigenvalue weighted by molar-refractivity contribution is -0.117. The molecule has 2 heterocycles. The lowest BCUT2D eigenvalue weighted by atomic mass is 10.2. The zero-order valence-electron chi connectivity index (χ0n) is 10.7. The summed E-state index contributed by atoms with van der Waals surface area (Å²) in [5, 5.41) is 6.59. The minimum atomic E-state index is -0.503. The number of nitrogens with one attached hydrogen (secondary N) is 1. The predicted molar refractivity (Wildman–Crippen MR) is 70.5 cm³/mol. The Balaban J connectivity index is 1.83. The average molecular weight is 274 g/mol. The van der Waals surface area contributed by atoms with Gasteiger partial charge in [-0.1, -0.05) is 0 Å². The van der Waals surface area contributed by atoms with E-state index in [0.29, 0.717) is 13.1 Å². The monoisotopic (exact) mass is 274 g/mol. The number of furan rings is 1. The van der Waals surface area contributed by atoms with Crippen LogP contribution in [-0.4, -0.2) is 28.0 Å². The van der Waals surface area contributed by atoms with E-state index in [9.17, 15) is 9.59 Å². The molecule has 20 heavy (non-hydrogen) atoms. The third-order valence-electron chi connectivity index (χ3n) is 2.50. The maximum Gasteiger partial charge on any atom is 0.267 e. The fourth-order valence-electron chi connectivity index (χ4n) is 1.52. The molecule has 104 valence electrons. The average Bonchev–Trinajstić information content (AvgIpc) is 3.11. The van der Waals surface area contributed by atoms with Gasteiger partial charge in [-0.15, -0.1) is 0 Å². The molecule has 0 aliphatic heterocycles. The molecule has 3 N–H and O–H groups in total. The summed E-state index contributed by atoms with van der Waals surface area (Å²) >= 11 is 0. The van der Waals surface area contributed by atoms with Crippen LogP contribution in [0.15, 0.2) is 53.0 Å². The van der Waals surface area contributed by atoms with Crippen LogP contribution in [0.5, 0.6) is 0 Å². The number of rotatable bonds is 6. The molecule has 0 unspecified atom stereocenters. The van der Waals surface area contributed by atoms with Crippen molar-refractivity contribution >= 4 is 11.7 Å². The first-order chi connectivity index (χ1) is 9.66. The van der Waals surface area contributed by atoms with Crippen LogP contribution in [0.1, 0.15) is 10.6 Å². The third kappa shape index (κ3) is 3.58. The SMILES string of the molecule is N/C(=C\C(=O)c1ccco1)C(=O)NCCn1cccn1. The van der Waals surface area contributed by atoms with Crippen molar-refractivity contribution in [3.05, 3.63) is 54.4 Å². The highest BCUT2D eigenvalue weighted by Crippen LogP contribution is 2.03. The van der Waals surface area contributed by atoms with Crippen molar-refractivity contribution < 1.29 is 14.0 Å². The molecule has 2 aromatic rings. The Morgan fingerprint density at radius 1 is 1.45 bits per heavy atom. The van der Waals surface area contributed by atoms with Crippen molar-refractivity contribution in [2.45, 2.75) is 6.54 Å². The van der Waals surface area contributed by atoms with E-state index in [1.54, 1.807) is 29.2 Å². The quantitative estimate of drug-likeness (QED) is 0.583. The highest BCUT2D eigenvalue weighted by atomic mass is 16.3. The van der Waals surface area contributed by atoms with E-state index >= 15 is 0 Å². The van der Waals surface area contributed by atoms with Crippen molar-refractivity contribution in [1.29, 1.82) is 0 Å². The van der Waals surface area contributed by atoms with Gasteiger partial charge in [-0.05, 0) is 18.2 Å². The van der Waals surface area contributed by atoms with Gasteiger partial charge in [-0.3, -0.25) is 14.3 Å². The van der Waals surface area contributed by atoms with E-state index in [1.165, 1.54) is 12.3 Å². The molecule has 7 heteroatoms. The molecular weight excluding hydrogens is 260 g/mol. The fourth-order valence-corrected chi connectivity index (χ4v) is 1.52. The van der Waals surface area contributed by atoms with Gasteiger partial charge in [0.15, 0.2) is 5.76 Å². The zero-order valence-corrected chi connectivity index (χ0v) is 10.7. The smallest absolute Gasteiger partial charge is 0.267 e. The number of carbonyl (C=O) groups excluding carboxylic acids is 2. The third-order valence-corrected chi connectivity index (χ3v) is 2.50. The Bertz CT molecular complexity index is 600. The number of ketones is 1. The number of hydrogen-bond donors (Lipinski definition) is 2. The standard InChI is InChI=1S/C13H14N4O3/c14-10(9-11(18)12-3-1-8-20-12)13(19)15-5-7-17-6-2-4-16-17/h1-4,6,8-9H,5,7,14H2,(H,15,19)/b10-9-. The molecule has 0 saturated carbocycles. The van der Waals surface area contributed by atoms with Crippen LogP contribution in [0.2, 0.25) is 0 Å². The lowest BCUT2D eigenvalue weighted by Gasteiger charge is -2.05. The molecule has 2 rings (SSSR count). The number of aromatic nitrogens is 2. The normalized spacial score (nSPS) is 11.3. The number of allylic oxidation sites excluding steroid dienone is 1. The summed E-state index contributed by atoms with van der Waals surface area (Å²) < 4.78 is 6.59. The van der Waals surface area contributed by atoms with Crippen LogP contribution in [0.4, 0.5) is 0 Å². The van der Waals surface area contributed by atoms with Crippen molar-refractivity contribution in [1.82, 2.24) is 15.1 Å². The number of carbonyl (C=O) groups is 2. The van der Waals surface area contributed by atoms with Crippen molar-refractivity contribution in [2.75, 3.05) is 6.54 Å². The summed E-state index contributed by atoms with van der Waals surface area (Å²) in [5.74, 6) is -0.816. The molecular formula is C13H14N4O3. The Labute approximate surface area is 115 Å². The summed E-state index contributed by atoms with van der Waals surface area (Å²) in [7, 11) is 0. The molecule has 0 bridgehead atoms. The summed E-state index contributed by atoms with van der Waals surface area (Å²) in [6, 6.07) is 4.88. The van der Waals surface area contributed by atoms with Gasteiger partial charge in [-0.2, -0.15) is 5.10 Å². The highest BCUT2D eigenvalue weighted by Gasteiger charge is 2.10. The van der Waals surface area contributed by atoms with Gasteiger partial charge in [0.25, 0.3) is 5.91 Å². The van der Waals surface area contributed by atoms with Gasteiger partial charge >= 0.3 is 0 Å². The Kier molecular flexibility index (Phi) is 4.33. The first-order valence-electron chi connectivity index (χ1n) is 5.97. The Morgan fingerprint density at radius 3 is 2.95 bits per heavy atom. The van der Waals surface area contributed by atoms with Gasteiger partial charge in [0.1, 0.15) is 5.70 Å². The molecule has 2 aromatic heterocycles. The maximum absolute atomic E-state index is 11.7. The molecule has 0 fully saturated rings. The summed E-state index contributed by atoms with van der Waals surface area (Å²) in [6.07, 6.45) is 5.85. The van der Waals surface area contributed by atoms with Gasteiger partial charge in [0.2, 0.25) is 5.78 Å². The lowest BCUT2D eigenvalue weighted by Crippen LogP contribution is -2.31. The van der Waals surface area contributed by atoms with Gasteiger partial charge in [-0.25, -0.2) is 0 Å². The zero-order chi connectivity index (χ0) is 14.4. The topological polar surface area (TPSA) is 103 Å². The summed E-state index contributed by atoms with van der Waals surface area (Å²) in [5.41, 5.74) is 5.39. The summed E-state index contributed by atoms with van der Waals surface area (Å²) in [4.78, 5) is 23.3. The molecule has 0 aliphatic carbocycles. The van der Waals surface area contributed by atoms with Crippen LogP contribution in [-0.2, 0) is 11.3 Å². The maximum atomic E-state index is 11.7. The molecule has 1 amide bonds. The number of nitrogens with two attached hydrogens (primary N) is 1. The predicted octanol–water partition coefficient (Wildman–Crippen LogP) is 0.318. The van der Waals surface area contributed by atoms with Crippen LogP contribution in [0.25, 0.3) is 0 Å². The second kappa shape index (κ2) is 6.37. The first kappa shape index (κ1) is 13.6. The largest absolute Gasteiger partial charge is 0.461 e. The van der Waals surface area contributed by atoms with Gasteiger partial charge in [0.05, 0.1) is 12.8 Å². The van der Waals surface area contributed by atoms with Crippen LogP contribution >= 0.6 is 0 Å². The van der Waals surface area contributed by atoms with E-state index in [-0.39, 0.29) is 11.5 Å². The second-order valence-electron chi connectivity index (χ2n) is 3.97. The van der Waals surface area contributed by atoms with Crippen molar-refractivity contribution in [3.8, 4) is 0 Å². The van der Waals surface area contributed by atoms with E-state index in [2.05, 4.69) is 10.4 Å². The highest BCUT2D eigenvalue weighted by molar-refractivity contribution is 6.07. The molecule has 0 atom stereocenters. The van der Waals surface area contributed by atoms with Gasteiger partial charge < -0.3 is 15.5 Å². The van der Waals surface area contributed by atoms with Crippen LogP contribution in [0, 0.1) is 0 Å². The Hall–Kier alpha value is -2.83. The molecule has 0 radical (unpaired) electrons. The van der Waals surface area contributed by atoms with E-state index in [0.717, 1.165) is 6.08 Å². The van der Waals surface area contributed by atoms with Crippen LogP contribution < -0.4 is 11.1 Å². The molecule has 0 aliphatic rings.